The lowest BCUT2D eigenvalue weighted by molar-refractivity contribution is -0.131. The maximum atomic E-state index is 12.3. The molecule has 2 heterocycles. The third-order valence-electron chi connectivity index (χ3n) is 4.45. The second-order valence-electron chi connectivity index (χ2n) is 6.19. The zero-order chi connectivity index (χ0) is 16.4. The number of fused-ring (bicyclic) bond motifs is 1. The smallest absolute Gasteiger partial charge is 0.227 e. The molecule has 0 bridgehead atoms. The molecular formula is C17H23N3O3. The van der Waals surface area contributed by atoms with Crippen molar-refractivity contribution in [3.8, 4) is 5.75 Å². The monoisotopic (exact) mass is 317 g/mol. The number of rotatable bonds is 4. The van der Waals surface area contributed by atoms with Gasteiger partial charge in [0.15, 0.2) is 0 Å². The van der Waals surface area contributed by atoms with Gasteiger partial charge in [-0.05, 0) is 37.7 Å². The fourth-order valence-corrected chi connectivity index (χ4v) is 3.07. The maximum Gasteiger partial charge on any atom is 0.227 e. The van der Waals surface area contributed by atoms with Gasteiger partial charge in [0, 0.05) is 29.7 Å². The van der Waals surface area contributed by atoms with Gasteiger partial charge in [0.05, 0.1) is 25.7 Å². The van der Waals surface area contributed by atoms with Crippen molar-refractivity contribution >= 4 is 16.8 Å². The second kappa shape index (κ2) is 6.60. The van der Waals surface area contributed by atoms with Crippen LogP contribution in [0.2, 0.25) is 0 Å². The van der Waals surface area contributed by atoms with Crippen LogP contribution in [0.1, 0.15) is 12.1 Å². The minimum absolute atomic E-state index is 0.0970. The normalized spacial score (nSPS) is 22.2. The number of aliphatic hydroxyl groups excluding tert-OH is 1. The number of piperidine rings is 1. The molecule has 3 N–H and O–H groups in total. The number of likely N-dealkylation sites (tertiary alicyclic amines) is 1. The molecule has 6 nitrogen and oxygen atoms in total. The number of carbonyl (C=O) groups is 1. The molecule has 1 aromatic heterocycles. The Hall–Kier alpha value is -2.05. The van der Waals surface area contributed by atoms with Crippen LogP contribution in [0.15, 0.2) is 24.3 Å². The van der Waals surface area contributed by atoms with E-state index in [9.17, 15) is 9.90 Å². The molecule has 3 rings (SSSR count). The molecular weight excluding hydrogens is 294 g/mol. The van der Waals surface area contributed by atoms with Gasteiger partial charge in [-0.3, -0.25) is 4.79 Å². The second-order valence-corrected chi connectivity index (χ2v) is 6.19. The van der Waals surface area contributed by atoms with Crippen LogP contribution in [-0.4, -0.2) is 54.2 Å². The van der Waals surface area contributed by atoms with Crippen molar-refractivity contribution in [3.05, 3.63) is 30.0 Å². The molecule has 0 radical (unpaired) electrons. The molecule has 1 aromatic carbocycles. The zero-order valence-corrected chi connectivity index (χ0v) is 13.5. The average molecular weight is 317 g/mol. The number of aromatic nitrogens is 1. The van der Waals surface area contributed by atoms with E-state index in [0.29, 0.717) is 19.5 Å². The van der Waals surface area contributed by atoms with Crippen molar-refractivity contribution in [3.63, 3.8) is 0 Å². The SMILES string of the molecule is COc1ccc2[nH]c(CNC(=O)[C@@H]3CN(C)CC[C@H]3O)cc2c1. The highest BCUT2D eigenvalue weighted by atomic mass is 16.5. The van der Waals surface area contributed by atoms with E-state index < -0.39 is 6.10 Å². The summed E-state index contributed by atoms with van der Waals surface area (Å²) in [4.78, 5) is 17.7. The topological polar surface area (TPSA) is 77.6 Å². The first-order valence-electron chi connectivity index (χ1n) is 7.87. The number of amides is 1. The number of nitrogens with one attached hydrogen (secondary N) is 2. The lowest BCUT2D eigenvalue weighted by Gasteiger charge is -2.32. The molecule has 23 heavy (non-hydrogen) atoms. The van der Waals surface area contributed by atoms with Gasteiger partial charge in [0.25, 0.3) is 0 Å². The number of H-pyrrole nitrogens is 1. The van der Waals surface area contributed by atoms with E-state index >= 15 is 0 Å². The van der Waals surface area contributed by atoms with E-state index in [-0.39, 0.29) is 11.8 Å². The minimum Gasteiger partial charge on any atom is -0.497 e. The Morgan fingerprint density at radius 2 is 2.30 bits per heavy atom. The maximum absolute atomic E-state index is 12.3. The van der Waals surface area contributed by atoms with Gasteiger partial charge in [0.2, 0.25) is 5.91 Å². The van der Waals surface area contributed by atoms with Crippen LogP contribution in [0.25, 0.3) is 10.9 Å². The van der Waals surface area contributed by atoms with E-state index in [0.717, 1.165) is 28.9 Å². The molecule has 0 aliphatic carbocycles. The van der Waals surface area contributed by atoms with Crippen molar-refractivity contribution in [2.24, 2.45) is 5.92 Å². The Balaban J connectivity index is 1.64. The molecule has 0 unspecified atom stereocenters. The van der Waals surface area contributed by atoms with Crippen LogP contribution in [0.5, 0.6) is 5.75 Å². The fourth-order valence-electron chi connectivity index (χ4n) is 3.07. The van der Waals surface area contributed by atoms with E-state index in [1.165, 1.54) is 0 Å². The Labute approximate surface area is 135 Å². The van der Waals surface area contributed by atoms with Crippen molar-refractivity contribution in [2.75, 3.05) is 27.2 Å². The summed E-state index contributed by atoms with van der Waals surface area (Å²) in [6.07, 6.45) is 0.0824. The first-order chi connectivity index (χ1) is 11.1. The Bertz CT molecular complexity index is 697. The molecule has 2 aromatic rings. The van der Waals surface area contributed by atoms with Crippen LogP contribution in [0.4, 0.5) is 0 Å². The summed E-state index contributed by atoms with van der Waals surface area (Å²) in [5.74, 6) is 0.346. The van der Waals surface area contributed by atoms with E-state index in [2.05, 4.69) is 15.2 Å². The van der Waals surface area contributed by atoms with Gasteiger partial charge < -0.3 is 25.0 Å². The number of carbonyl (C=O) groups excluding carboxylic acids is 1. The van der Waals surface area contributed by atoms with Crippen molar-refractivity contribution in [1.82, 2.24) is 15.2 Å². The third kappa shape index (κ3) is 3.48. The molecule has 124 valence electrons. The number of aromatic amines is 1. The number of nitrogens with zero attached hydrogens (tertiary/aromatic N) is 1. The number of hydrogen-bond donors (Lipinski definition) is 3. The van der Waals surface area contributed by atoms with E-state index in [1.807, 2.05) is 31.3 Å². The lowest BCUT2D eigenvalue weighted by atomic mass is 9.94. The minimum atomic E-state index is -0.557. The lowest BCUT2D eigenvalue weighted by Crippen LogP contribution is -2.48. The van der Waals surface area contributed by atoms with Crippen LogP contribution < -0.4 is 10.1 Å². The number of hydrogen-bond acceptors (Lipinski definition) is 4. The first-order valence-corrected chi connectivity index (χ1v) is 7.87. The molecule has 1 saturated heterocycles. The van der Waals surface area contributed by atoms with Gasteiger partial charge in [-0.15, -0.1) is 0 Å². The highest BCUT2D eigenvalue weighted by Crippen LogP contribution is 2.21. The summed E-state index contributed by atoms with van der Waals surface area (Å²) in [6, 6.07) is 7.81. The number of benzene rings is 1. The summed E-state index contributed by atoms with van der Waals surface area (Å²) in [7, 11) is 3.61. The number of aliphatic hydroxyl groups is 1. The van der Waals surface area contributed by atoms with Crippen LogP contribution >= 0.6 is 0 Å². The van der Waals surface area contributed by atoms with Crippen molar-refractivity contribution in [2.45, 2.75) is 19.1 Å². The number of ether oxygens (including phenoxy) is 1. The molecule has 1 aliphatic heterocycles. The molecule has 2 atom stereocenters. The molecule has 0 spiro atoms. The van der Waals surface area contributed by atoms with E-state index in [4.69, 9.17) is 4.74 Å². The third-order valence-corrected chi connectivity index (χ3v) is 4.45. The number of methoxy groups -OCH3 is 1. The van der Waals surface area contributed by atoms with Crippen LogP contribution in [0, 0.1) is 5.92 Å². The average Bonchev–Trinajstić information content (AvgIpc) is 2.96. The summed E-state index contributed by atoms with van der Waals surface area (Å²) >= 11 is 0. The summed E-state index contributed by atoms with van der Waals surface area (Å²) in [6.45, 7) is 1.84. The molecule has 0 saturated carbocycles. The standard InChI is InChI=1S/C17H23N3O3/c1-20-6-5-16(21)14(10-20)17(22)18-9-12-7-11-8-13(23-2)3-4-15(11)19-12/h3-4,7-8,14,16,19,21H,5-6,9-10H2,1-2H3,(H,18,22)/t14-,16-/m1/s1. The van der Waals surface area contributed by atoms with Gasteiger partial charge in [-0.25, -0.2) is 0 Å². The molecule has 6 heteroatoms. The predicted molar refractivity (Wildman–Crippen MR) is 88.3 cm³/mol. The predicted octanol–water partition coefficient (Wildman–Crippen LogP) is 1.11. The summed E-state index contributed by atoms with van der Waals surface area (Å²) in [5.41, 5.74) is 1.94. The van der Waals surface area contributed by atoms with Crippen molar-refractivity contribution < 1.29 is 14.6 Å². The first kappa shape index (κ1) is 15.8. The van der Waals surface area contributed by atoms with Gasteiger partial charge in [-0.2, -0.15) is 0 Å². The van der Waals surface area contributed by atoms with Gasteiger partial charge in [-0.1, -0.05) is 0 Å². The zero-order valence-electron chi connectivity index (χ0n) is 13.5. The Kier molecular flexibility index (Phi) is 4.54. The van der Waals surface area contributed by atoms with Crippen molar-refractivity contribution in [1.29, 1.82) is 0 Å². The summed E-state index contributed by atoms with van der Waals surface area (Å²) in [5, 5.41) is 14.0. The van der Waals surface area contributed by atoms with Crippen LogP contribution in [-0.2, 0) is 11.3 Å². The highest BCUT2D eigenvalue weighted by molar-refractivity contribution is 5.82. The highest BCUT2D eigenvalue weighted by Gasteiger charge is 2.31. The summed E-state index contributed by atoms with van der Waals surface area (Å²) < 4.78 is 5.21. The van der Waals surface area contributed by atoms with Gasteiger partial charge in [0.1, 0.15) is 5.75 Å². The van der Waals surface area contributed by atoms with Crippen LogP contribution in [0.3, 0.4) is 0 Å². The fraction of sp³-hybridized carbons (Fsp3) is 0.471. The van der Waals surface area contributed by atoms with Gasteiger partial charge >= 0.3 is 0 Å². The molecule has 1 amide bonds. The Morgan fingerprint density at radius 1 is 1.48 bits per heavy atom. The quantitative estimate of drug-likeness (QED) is 0.789. The molecule has 1 fully saturated rings. The molecule has 1 aliphatic rings. The largest absolute Gasteiger partial charge is 0.497 e. The Morgan fingerprint density at radius 3 is 3.09 bits per heavy atom. The van der Waals surface area contributed by atoms with E-state index in [1.54, 1.807) is 7.11 Å².